The number of hydrogen-bond donors (Lipinski definition) is 0. The molecule has 1 aromatic rings. The SMILES string of the molecule is CC(C)(C)C(Cl)C(=O)c1ccccc1. The first-order valence-electron chi connectivity index (χ1n) is 4.66. The Morgan fingerprint density at radius 1 is 1.21 bits per heavy atom. The average molecular weight is 211 g/mol. The molecule has 0 saturated carbocycles. The molecular weight excluding hydrogens is 196 g/mol. The molecule has 0 N–H and O–H groups in total. The van der Waals surface area contributed by atoms with Crippen molar-refractivity contribution in [1.29, 1.82) is 0 Å². The summed E-state index contributed by atoms with van der Waals surface area (Å²) >= 11 is 6.09. The van der Waals surface area contributed by atoms with Gasteiger partial charge in [0.2, 0.25) is 0 Å². The lowest BCUT2D eigenvalue weighted by atomic mass is 9.87. The molecule has 1 atom stereocenters. The van der Waals surface area contributed by atoms with Crippen LogP contribution in [-0.2, 0) is 0 Å². The molecule has 0 radical (unpaired) electrons. The maximum absolute atomic E-state index is 11.9. The molecule has 0 heterocycles. The van der Waals surface area contributed by atoms with E-state index in [0.29, 0.717) is 5.56 Å². The Bertz CT molecular complexity index is 311. The number of rotatable bonds is 2. The van der Waals surface area contributed by atoms with Gasteiger partial charge < -0.3 is 0 Å². The van der Waals surface area contributed by atoms with Crippen molar-refractivity contribution in [3.8, 4) is 0 Å². The van der Waals surface area contributed by atoms with Crippen molar-refractivity contribution in [2.24, 2.45) is 5.41 Å². The molecule has 14 heavy (non-hydrogen) atoms. The molecule has 0 saturated heterocycles. The first kappa shape index (κ1) is 11.3. The summed E-state index contributed by atoms with van der Waals surface area (Å²) < 4.78 is 0. The second-order valence-corrected chi connectivity index (χ2v) is 4.90. The summed E-state index contributed by atoms with van der Waals surface area (Å²) in [5, 5.41) is -0.468. The highest BCUT2D eigenvalue weighted by Crippen LogP contribution is 2.27. The van der Waals surface area contributed by atoms with Gasteiger partial charge in [-0.25, -0.2) is 0 Å². The van der Waals surface area contributed by atoms with Gasteiger partial charge in [0.25, 0.3) is 0 Å². The van der Waals surface area contributed by atoms with Crippen LogP contribution in [0, 0.1) is 5.41 Å². The van der Waals surface area contributed by atoms with Crippen molar-refractivity contribution >= 4 is 17.4 Å². The molecule has 2 heteroatoms. The van der Waals surface area contributed by atoms with E-state index >= 15 is 0 Å². The van der Waals surface area contributed by atoms with Crippen LogP contribution >= 0.6 is 11.6 Å². The fourth-order valence-electron chi connectivity index (χ4n) is 1.14. The lowest BCUT2D eigenvalue weighted by Crippen LogP contribution is -2.29. The van der Waals surface area contributed by atoms with Crippen molar-refractivity contribution in [1.82, 2.24) is 0 Å². The Kier molecular flexibility index (Phi) is 3.33. The fourth-order valence-corrected chi connectivity index (χ4v) is 1.27. The van der Waals surface area contributed by atoms with E-state index in [4.69, 9.17) is 11.6 Å². The molecule has 0 aliphatic heterocycles. The van der Waals surface area contributed by atoms with E-state index in [1.165, 1.54) is 0 Å². The number of alkyl halides is 1. The van der Waals surface area contributed by atoms with Crippen LogP contribution in [0.1, 0.15) is 31.1 Å². The highest BCUT2D eigenvalue weighted by molar-refractivity contribution is 6.34. The average Bonchev–Trinajstić information content (AvgIpc) is 2.15. The number of Topliss-reactive ketones (excluding diaryl/α,β-unsaturated/α-hetero) is 1. The summed E-state index contributed by atoms with van der Waals surface area (Å²) in [7, 11) is 0. The van der Waals surface area contributed by atoms with Gasteiger partial charge in [0, 0.05) is 5.56 Å². The zero-order valence-electron chi connectivity index (χ0n) is 8.75. The van der Waals surface area contributed by atoms with Crippen LogP contribution in [0.2, 0.25) is 0 Å². The summed E-state index contributed by atoms with van der Waals surface area (Å²) in [6.45, 7) is 5.89. The van der Waals surface area contributed by atoms with Crippen LogP contribution in [0.5, 0.6) is 0 Å². The zero-order valence-corrected chi connectivity index (χ0v) is 9.51. The molecule has 0 bridgehead atoms. The highest BCUT2D eigenvalue weighted by Gasteiger charge is 2.29. The van der Waals surface area contributed by atoms with Gasteiger partial charge in [-0.05, 0) is 5.41 Å². The Hall–Kier alpha value is -0.820. The Labute approximate surface area is 90.1 Å². The topological polar surface area (TPSA) is 17.1 Å². The van der Waals surface area contributed by atoms with Crippen molar-refractivity contribution in [3.05, 3.63) is 35.9 Å². The minimum absolute atomic E-state index is 0.000216. The number of carbonyl (C=O) groups is 1. The second-order valence-electron chi connectivity index (χ2n) is 4.46. The summed E-state index contributed by atoms with van der Waals surface area (Å²) in [5.74, 6) is -0.000216. The second kappa shape index (κ2) is 4.14. The molecule has 76 valence electrons. The van der Waals surface area contributed by atoms with E-state index < -0.39 is 5.38 Å². The predicted molar refractivity (Wildman–Crippen MR) is 59.9 cm³/mol. The lowest BCUT2D eigenvalue weighted by molar-refractivity contribution is 0.0946. The third-order valence-corrected chi connectivity index (χ3v) is 2.90. The number of hydrogen-bond acceptors (Lipinski definition) is 1. The van der Waals surface area contributed by atoms with E-state index in [9.17, 15) is 4.79 Å². The van der Waals surface area contributed by atoms with Gasteiger partial charge in [0.1, 0.15) is 5.38 Å². The summed E-state index contributed by atoms with van der Waals surface area (Å²) in [5.41, 5.74) is 0.483. The molecule has 0 fully saturated rings. The number of halogens is 1. The maximum atomic E-state index is 11.9. The fraction of sp³-hybridized carbons (Fsp3) is 0.417. The molecule has 0 aromatic heterocycles. The van der Waals surface area contributed by atoms with Crippen LogP contribution < -0.4 is 0 Å². The largest absolute Gasteiger partial charge is 0.292 e. The number of benzene rings is 1. The first-order chi connectivity index (χ1) is 6.43. The van der Waals surface area contributed by atoms with E-state index in [1.54, 1.807) is 12.1 Å². The van der Waals surface area contributed by atoms with Crippen molar-refractivity contribution in [3.63, 3.8) is 0 Å². The molecule has 1 rings (SSSR count). The third kappa shape index (κ3) is 2.58. The van der Waals surface area contributed by atoms with Gasteiger partial charge in [0.15, 0.2) is 5.78 Å². The zero-order chi connectivity index (χ0) is 10.8. The molecule has 1 unspecified atom stereocenters. The summed E-state index contributed by atoms with van der Waals surface area (Å²) in [4.78, 5) is 11.9. The smallest absolute Gasteiger partial charge is 0.181 e. The Morgan fingerprint density at radius 3 is 2.14 bits per heavy atom. The quantitative estimate of drug-likeness (QED) is 0.539. The predicted octanol–water partition coefficient (Wildman–Crippen LogP) is 3.52. The molecule has 1 aromatic carbocycles. The summed E-state index contributed by atoms with van der Waals surface area (Å²) in [6.07, 6.45) is 0. The van der Waals surface area contributed by atoms with Gasteiger partial charge >= 0.3 is 0 Å². The van der Waals surface area contributed by atoms with E-state index in [2.05, 4.69) is 0 Å². The van der Waals surface area contributed by atoms with Crippen molar-refractivity contribution < 1.29 is 4.79 Å². The van der Waals surface area contributed by atoms with E-state index in [-0.39, 0.29) is 11.2 Å². The van der Waals surface area contributed by atoms with Gasteiger partial charge in [0.05, 0.1) is 0 Å². The summed E-state index contributed by atoms with van der Waals surface area (Å²) in [6, 6.07) is 9.17. The maximum Gasteiger partial charge on any atom is 0.181 e. The standard InChI is InChI=1S/C12H15ClO/c1-12(2,3)11(13)10(14)9-7-5-4-6-8-9/h4-8,11H,1-3H3. The molecule has 0 spiro atoms. The monoisotopic (exact) mass is 210 g/mol. The van der Waals surface area contributed by atoms with Crippen LogP contribution in [0.4, 0.5) is 0 Å². The highest BCUT2D eigenvalue weighted by atomic mass is 35.5. The van der Waals surface area contributed by atoms with Crippen LogP contribution in [0.25, 0.3) is 0 Å². The van der Waals surface area contributed by atoms with Crippen LogP contribution in [0.15, 0.2) is 30.3 Å². The van der Waals surface area contributed by atoms with Crippen LogP contribution in [0.3, 0.4) is 0 Å². The van der Waals surface area contributed by atoms with E-state index in [0.717, 1.165) is 0 Å². The van der Waals surface area contributed by atoms with Gasteiger partial charge in [-0.3, -0.25) is 4.79 Å². The first-order valence-corrected chi connectivity index (χ1v) is 5.10. The number of carbonyl (C=O) groups excluding carboxylic acids is 1. The third-order valence-electron chi connectivity index (χ3n) is 2.05. The van der Waals surface area contributed by atoms with Crippen molar-refractivity contribution in [2.45, 2.75) is 26.1 Å². The molecule has 0 amide bonds. The van der Waals surface area contributed by atoms with Gasteiger partial charge in [-0.15, -0.1) is 11.6 Å². The van der Waals surface area contributed by atoms with Gasteiger partial charge in [-0.1, -0.05) is 51.1 Å². The minimum Gasteiger partial charge on any atom is -0.292 e. The van der Waals surface area contributed by atoms with Crippen LogP contribution in [-0.4, -0.2) is 11.2 Å². The molecular formula is C12H15ClO. The van der Waals surface area contributed by atoms with Crippen molar-refractivity contribution in [2.75, 3.05) is 0 Å². The lowest BCUT2D eigenvalue weighted by Gasteiger charge is -2.23. The molecule has 0 aliphatic carbocycles. The van der Waals surface area contributed by atoms with Gasteiger partial charge in [-0.2, -0.15) is 0 Å². The Morgan fingerprint density at radius 2 is 1.71 bits per heavy atom. The molecule has 0 aliphatic rings. The minimum atomic E-state index is -0.468. The van der Waals surface area contributed by atoms with E-state index in [1.807, 2.05) is 39.0 Å². The molecule has 1 nitrogen and oxygen atoms in total. The normalized spacial score (nSPS) is 13.7. The number of ketones is 1. The Balaban J connectivity index is 2.87.